The Balaban J connectivity index is 1.66. The highest BCUT2D eigenvalue weighted by Gasteiger charge is 2.33. The number of methoxy groups -OCH3 is 1. The van der Waals surface area contributed by atoms with Gasteiger partial charge < -0.3 is 19.3 Å². The number of hydrogen-bond donors (Lipinski definition) is 1. The van der Waals surface area contributed by atoms with E-state index in [-0.39, 0.29) is 17.9 Å². The Labute approximate surface area is 225 Å². The summed E-state index contributed by atoms with van der Waals surface area (Å²) in [6.07, 6.45) is 1.71. The normalized spacial score (nSPS) is 15.4. The lowest BCUT2D eigenvalue weighted by molar-refractivity contribution is -0.138. The van der Waals surface area contributed by atoms with Crippen LogP contribution < -0.4 is 9.47 Å². The van der Waals surface area contributed by atoms with E-state index in [9.17, 15) is 9.90 Å². The van der Waals surface area contributed by atoms with E-state index in [1.807, 2.05) is 61.5 Å². The maximum Gasteiger partial charge on any atom is 0.344 e. The Morgan fingerprint density at radius 3 is 2.59 bits per heavy atom. The van der Waals surface area contributed by atoms with Crippen molar-refractivity contribution in [2.45, 2.75) is 20.5 Å². The number of halogens is 1. The third kappa shape index (κ3) is 6.37. The fourth-order valence-electron chi connectivity index (χ4n) is 3.68. The molecule has 0 unspecified atom stereocenters. The number of aliphatic hydroxyl groups is 1. The highest BCUT2D eigenvalue weighted by Crippen LogP contribution is 2.42. The highest BCUT2D eigenvalue weighted by atomic mass is 35.5. The molecule has 0 aliphatic carbocycles. The summed E-state index contributed by atoms with van der Waals surface area (Å²) in [7, 11) is 1.54. The van der Waals surface area contributed by atoms with Crippen molar-refractivity contribution in [2.75, 3.05) is 13.7 Å². The van der Waals surface area contributed by atoms with Gasteiger partial charge in [0.1, 0.15) is 23.0 Å². The lowest BCUT2D eigenvalue weighted by atomic mass is 10.1. The second kappa shape index (κ2) is 12.0. The molecule has 0 amide bonds. The molecular formula is C29H26ClNO5S. The van der Waals surface area contributed by atoms with Gasteiger partial charge in [0.25, 0.3) is 0 Å². The molecule has 8 heteroatoms. The maximum atomic E-state index is 12.6. The summed E-state index contributed by atoms with van der Waals surface area (Å²) >= 11 is 7.75. The topological polar surface area (TPSA) is 77.4 Å². The Morgan fingerprint density at radius 1 is 1.11 bits per heavy atom. The van der Waals surface area contributed by atoms with Crippen LogP contribution in [-0.2, 0) is 16.1 Å². The van der Waals surface area contributed by atoms with Gasteiger partial charge >= 0.3 is 5.97 Å². The monoisotopic (exact) mass is 535 g/mol. The number of aliphatic imine (C=N–C) groups is 1. The van der Waals surface area contributed by atoms with Gasteiger partial charge in [-0.3, -0.25) is 0 Å². The summed E-state index contributed by atoms with van der Waals surface area (Å²) in [6, 6.07) is 20.7. The molecule has 190 valence electrons. The second-order valence-electron chi connectivity index (χ2n) is 8.12. The van der Waals surface area contributed by atoms with E-state index in [2.05, 4.69) is 4.99 Å². The molecule has 0 atom stereocenters. The van der Waals surface area contributed by atoms with Gasteiger partial charge in [-0.15, -0.1) is 0 Å². The molecule has 1 aliphatic rings. The van der Waals surface area contributed by atoms with Crippen molar-refractivity contribution in [3.05, 3.63) is 105 Å². The number of para-hydroxylation sites is 1. The molecule has 0 aromatic heterocycles. The first-order valence-corrected chi connectivity index (χ1v) is 12.8. The number of hydrogen-bond acceptors (Lipinski definition) is 7. The highest BCUT2D eigenvalue weighted by molar-refractivity contribution is 8.18. The molecule has 37 heavy (non-hydrogen) atoms. The predicted octanol–water partition coefficient (Wildman–Crippen LogP) is 7.43. The molecule has 1 heterocycles. The smallest absolute Gasteiger partial charge is 0.344 e. The van der Waals surface area contributed by atoms with Crippen molar-refractivity contribution in [2.24, 2.45) is 4.99 Å². The number of benzene rings is 3. The van der Waals surface area contributed by atoms with Crippen molar-refractivity contribution in [1.82, 2.24) is 0 Å². The zero-order chi connectivity index (χ0) is 26.4. The maximum absolute atomic E-state index is 12.6. The van der Waals surface area contributed by atoms with Crippen LogP contribution in [0.4, 0.5) is 5.69 Å². The molecule has 6 nitrogen and oxygen atoms in total. The van der Waals surface area contributed by atoms with Crippen molar-refractivity contribution in [1.29, 1.82) is 0 Å². The van der Waals surface area contributed by atoms with Crippen LogP contribution in [0.15, 0.2) is 88.0 Å². The number of carbonyl (C=O) groups is 1. The molecule has 0 saturated carbocycles. The minimum atomic E-state index is -0.638. The molecule has 1 N–H and O–H groups in total. The summed E-state index contributed by atoms with van der Waals surface area (Å²) < 4.78 is 16.7. The quantitative estimate of drug-likeness (QED) is 0.302. The van der Waals surface area contributed by atoms with Gasteiger partial charge in [-0.25, -0.2) is 9.79 Å². The molecule has 0 spiro atoms. The van der Waals surface area contributed by atoms with E-state index in [1.54, 1.807) is 25.1 Å². The molecule has 1 aliphatic heterocycles. The van der Waals surface area contributed by atoms with Crippen LogP contribution in [0.5, 0.6) is 11.5 Å². The number of aryl methyl sites for hydroxylation is 1. The predicted molar refractivity (Wildman–Crippen MR) is 149 cm³/mol. The lowest BCUT2D eigenvalue weighted by Crippen LogP contribution is -2.12. The van der Waals surface area contributed by atoms with Crippen molar-refractivity contribution in [3.63, 3.8) is 0 Å². The zero-order valence-electron chi connectivity index (χ0n) is 20.7. The van der Waals surface area contributed by atoms with Crippen LogP contribution >= 0.6 is 23.4 Å². The SMILES string of the molecule is CCOC(=O)C1=C(O)/C(=C/c2cc(Cl)c(OCc3cccc(C)c3)c(OC)c2)SC1=Nc1ccccc1. The molecule has 0 bridgehead atoms. The number of nitrogens with zero attached hydrogens (tertiary/aromatic N) is 1. The van der Waals surface area contributed by atoms with Gasteiger partial charge in [-0.2, -0.15) is 0 Å². The number of rotatable bonds is 8. The Bertz CT molecular complexity index is 1400. The fraction of sp³-hybridized carbons (Fsp3) is 0.172. The van der Waals surface area contributed by atoms with Crippen LogP contribution in [-0.4, -0.2) is 29.8 Å². The summed E-state index contributed by atoms with van der Waals surface area (Å²) in [5, 5.41) is 11.7. The third-order valence-electron chi connectivity index (χ3n) is 5.37. The second-order valence-corrected chi connectivity index (χ2v) is 9.56. The summed E-state index contributed by atoms with van der Waals surface area (Å²) in [5.41, 5.74) is 3.49. The molecule has 3 aromatic carbocycles. The molecule has 0 radical (unpaired) electrons. The van der Waals surface area contributed by atoms with Crippen LogP contribution in [0.2, 0.25) is 5.02 Å². The van der Waals surface area contributed by atoms with E-state index in [1.165, 1.54) is 18.9 Å². The number of carbonyl (C=O) groups excluding carboxylic acids is 1. The Hall–Kier alpha value is -3.68. The first-order chi connectivity index (χ1) is 17.9. The van der Waals surface area contributed by atoms with E-state index in [0.29, 0.717) is 44.3 Å². The van der Waals surface area contributed by atoms with E-state index >= 15 is 0 Å². The molecule has 0 saturated heterocycles. The van der Waals surface area contributed by atoms with E-state index in [0.717, 1.165) is 11.1 Å². The van der Waals surface area contributed by atoms with Crippen LogP contribution in [0.3, 0.4) is 0 Å². The summed E-state index contributed by atoms with van der Waals surface area (Å²) in [5.74, 6) is 0.0292. The van der Waals surface area contributed by atoms with Gasteiger partial charge in [0.2, 0.25) is 0 Å². The summed E-state index contributed by atoms with van der Waals surface area (Å²) in [6.45, 7) is 4.24. The van der Waals surface area contributed by atoms with Crippen molar-refractivity contribution >= 4 is 46.1 Å². The molecule has 4 rings (SSSR count). The largest absolute Gasteiger partial charge is 0.506 e. The first-order valence-electron chi connectivity index (χ1n) is 11.6. The van der Waals surface area contributed by atoms with Crippen LogP contribution in [0.1, 0.15) is 23.6 Å². The Morgan fingerprint density at radius 2 is 1.89 bits per heavy atom. The fourth-order valence-corrected chi connectivity index (χ4v) is 4.99. The van der Waals surface area contributed by atoms with Gasteiger partial charge in [0.05, 0.1) is 29.3 Å². The Kier molecular flexibility index (Phi) is 8.58. The van der Waals surface area contributed by atoms with E-state index in [4.69, 9.17) is 25.8 Å². The molecular weight excluding hydrogens is 510 g/mol. The standard InChI is InChI=1S/C29H26ClNO5S/c1-4-35-29(33)25-26(32)24(37-28(25)31-21-11-6-5-7-12-21)16-20-14-22(30)27(23(15-20)34-3)36-17-19-10-8-9-18(2)13-19/h5-16,32H,4,17H2,1-3H3/b24-16-,31-28?. The summed E-state index contributed by atoms with van der Waals surface area (Å²) in [4.78, 5) is 17.6. The number of ether oxygens (including phenoxy) is 3. The lowest BCUT2D eigenvalue weighted by Gasteiger charge is -2.14. The average Bonchev–Trinajstić information content (AvgIpc) is 3.18. The minimum Gasteiger partial charge on any atom is -0.506 e. The van der Waals surface area contributed by atoms with Gasteiger partial charge in [-0.1, -0.05) is 71.4 Å². The van der Waals surface area contributed by atoms with Gasteiger partial charge in [-0.05, 0) is 55.3 Å². The van der Waals surface area contributed by atoms with Crippen LogP contribution in [0.25, 0.3) is 6.08 Å². The van der Waals surface area contributed by atoms with Crippen LogP contribution in [0, 0.1) is 6.92 Å². The average molecular weight is 536 g/mol. The number of thioether (sulfide) groups is 1. The molecule has 0 fully saturated rings. The van der Waals surface area contributed by atoms with Crippen molar-refractivity contribution in [3.8, 4) is 11.5 Å². The van der Waals surface area contributed by atoms with Gasteiger partial charge in [0, 0.05) is 0 Å². The molecule has 3 aromatic rings. The first kappa shape index (κ1) is 26.4. The number of esters is 1. The number of aliphatic hydroxyl groups excluding tert-OH is 1. The van der Waals surface area contributed by atoms with Crippen molar-refractivity contribution < 1.29 is 24.1 Å². The zero-order valence-corrected chi connectivity index (χ0v) is 22.2. The third-order valence-corrected chi connectivity index (χ3v) is 6.67. The van der Waals surface area contributed by atoms with Gasteiger partial charge in [0.15, 0.2) is 11.5 Å². The minimum absolute atomic E-state index is 0.0260. The van der Waals surface area contributed by atoms with E-state index < -0.39 is 5.97 Å².